The summed E-state index contributed by atoms with van der Waals surface area (Å²) in [5, 5.41) is 0. The number of rotatable bonds is 6. The number of hydrogen-bond donors (Lipinski definition) is 0. The van der Waals surface area contributed by atoms with E-state index in [0.29, 0.717) is 23.3 Å². The Hall–Kier alpha value is -1.04. The van der Waals surface area contributed by atoms with Crippen molar-refractivity contribution in [3.63, 3.8) is 0 Å². The predicted molar refractivity (Wildman–Crippen MR) is 75.3 cm³/mol. The van der Waals surface area contributed by atoms with Gasteiger partial charge >= 0.3 is 0 Å². The van der Waals surface area contributed by atoms with Crippen LogP contribution in [0.15, 0.2) is 40.9 Å². The third-order valence-electron chi connectivity index (χ3n) is 2.35. The molecule has 1 atom stereocenters. The molecule has 1 aromatic carbocycles. The first-order valence-electron chi connectivity index (χ1n) is 5.78. The molecule has 0 bridgehead atoms. The van der Waals surface area contributed by atoms with Crippen LogP contribution in [-0.4, -0.2) is 28.2 Å². The molecule has 0 amide bonds. The summed E-state index contributed by atoms with van der Waals surface area (Å²) in [4.78, 5) is 5.29. The third-order valence-corrected chi connectivity index (χ3v) is 5.04. The van der Waals surface area contributed by atoms with Crippen molar-refractivity contribution >= 4 is 22.1 Å². The van der Waals surface area contributed by atoms with Gasteiger partial charge in [-0.15, -0.1) is 11.3 Å². The van der Waals surface area contributed by atoms with E-state index >= 15 is 0 Å². The van der Waals surface area contributed by atoms with Crippen LogP contribution in [-0.2, 0) is 15.5 Å². The van der Waals surface area contributed by atoms with Crippen LogP contribution in [0, 0.1) is 0 Å². The number of hydrogen-bond acceptors (Lipinski definition) is 4. The van der Waals surface area contributed by atoms with Gasteiger partial charge in [0.2, 0.25) is 0 Å². The van der Waals surface area contributed by atoms with Gasteiger partial charge in [0.15, 0.2) is 4.34 Å². The number of benzene rings is 1. The van der Waals surface area contributed by atoms with Crippen LogP contribution in [0.2, 0.25) is 0 Å². The maximum atomic E-state index is 11.9. The van der Waals surface area contributed by atoms with Crippen molar-refractivity contribution in [1.82, 2.24) is 4.98 Å². The number of aromatic nitrogens is 1. The van der Waals surface area contributed by atoms with Gasteiger partial charge in [-0.25, -0.2) is 4.98 Å². The molecule has 0 saturated heterocycles. The highest BCUT2D eigenvalue weighted by Crippen LogP contribution is 2.27. The Bertz CT molecular complexity index is 511. The molecular weight excluding hydrogens is 266 g/mol. The van der Waals surface area contributed by atoms with E-state index < -0.39 is 10.8 Å². The lowest BCUT2D eigenvalue weighted by molar-refractivity contribution is 0.164. The third kappa shape index (κ3) is 3.48. The molecule has 5 heteroatoms. The minimum atomic E-state index is -1.06. The molecule has 96 valence electrons. The summed E-state index contributed by atoms with van der Waals surface area (Å²) in [5.41, 5.74) is 1.11. The standard InChI is InChI=1S/C13H15NO2S2/c1-2-16-8-9-18(15)13-14-10-12(17-13)11-6-4-3-5-7-11/h3-7,10H,2,8-9H2,1H3. The second kappa shape index (κ2) is 6.78. The molecule has 0 N–H and O–H groups in total. The van der Waals surface area contributed by atoms with Gasteiger partial charge in [0, 0.05) is 12.8 Å². The van der Waals surface area contributed by atoms with Crippen molar-refractivity contribution in [3.8, 4) is 10.4 Å². The fraction of sp³-hybridized carbons (Fsp3) is 0.308. The van der Waals surface area contributed by atoms with E-state index in [0.717, 1.165) is 10.4 Å². The van der Waals surface area contributed by atoms with Crippen molar-refractivity contribution in [3.05, 3.63) is 36.5 Å². The Kier molecular flexibility index (Phi) is 5.04. The van der Waals surface area contributed by atoms with E-state index in [1.807, 2.05) is 37.3 Å². The zero-order valence-electron chi connectivity index (χ0n) is 10.2. The van der Waals surface area contributed by atoms with Gasteiger partial charge in [0.05, 0.1) is 28.0 Å². The second-order valence-electron chi connectivity index (χ2n) is 3.60. The summed E-state index contributed by atoms with van der Waals surface area (Å²) in [7, 11) is -1.06. The van der Waals surface area contributed by atoms with Crippen LogP contribution < -0.4 is 0 Å². The molecule has 1 heterocycles. The topological polar surface area (TPSA) is 39.2 Å². The smallest absolute Gasteiger partial charge is 0.181 e. The van der Waals surface area contributed by atoms with Gasteiger partial charge < -0.3 is 4.74 Å². The van der Waals surface area contributed by atoms with Gasteiger partial charge in [-0.3, -0.25) is 4.21 Å². The van der Waals surface area contributed by atoms with Crippen LogP contribution in [0.4, 0.5) is 0 Å². The summed E-state index contributed by atoms with van der Waals surface area (Å²) >= 11 is 1.49. The number of ether oxygens (including phenoxy) is 1. The van der Waals surface area contributed by atoms with Gasteiger partial charge in [0.25, 0.3) is 0 Å². The molecule has 0 aliphatic rings. The number of thiazole rings is 1. The highest BCUT2D eigenvalue weighted by molar-refractivity contribution is 7.87. The van der Waals surface area contributed by atoms with Crippen molar-refractivity contribution in [2.75, 3.05) is 19.0 Å². The zero-order valence-corrected chi connectivity index (χ0v) is 11.8. The van der Waals surface area contributed by atoms with Gasteiger partial charge in [-0.2, -0.15) is 0 Å². The summed E-state index contributed by atoms with van der Waals surface area (Å²) in [6.07, 6.45) is 1.79. The van der Waals surface area contributed by atoms with E-state index in [1.165, 1.54) is 11.3 Å². The monoisotopic (exact) mass is 281 g/mol. The average molecular weight is 281 g/mol. The maximum absolute atomic E-state index is 11.9. The SMILES string of the molecule is CCOCCS(=O)c1ncc(-c2ccccc2)s1. The van der Waals surface area contributed by atoms with Crippen molar-refractivity contribution in [1.29, 1.82) is 0 Å². The molecule has 18 heavy (non-hydrogen) atoms. The van der Waals surface area contributed by atoms with Gasteiger partial charge in [-0.1, -0.05) is 30.3 Å². The fourth-order valence-electron chi connectivity index (χ4n) is 1.47. The Balaban J connectivity index is 2.04. The lowest BCUT2D eigenvalue weighted by Crippen LogP contribution is -2.05. The molecule has 2 aromatic rings. The summed E-state index contributed by atoms with van der Waals surface area (Å²) < 4.78 is 17.8. The van der Waals surface area contributed by atoms with Crippen LogP contribution in [0.3, 0.4) is 0 Å². The quantitative estimate of drug-likeness (QED) is 0.764. The minimum absolute atomic E-state index is 0.510. The van der Waals surface area contributed by atoms with Crippen LogP contribution in [0.5, 0.6) is 0 Å². The molecule has 0 radical (unpaired) electrons. The lowest BCUT2D eigenvalue weighted by Gasteiger charge is -1.98. The van der Waals surface area contributed by atoms with Crippen molar-refractivity contribution in [2.45, 2.75) is 11.3 Å². The molecule has 0 aliphatic carbocycles. The average Bonchev–Trinajstić information content (AvgIpc) is 2.89. The van der Waals surface area contributed by atoms with Crippen LogP contribution >= 0.6 is 11.3 Å². The molecule has 0 saturated carbocycles. The summed E-state index contributed by atoms with van der Waals surface area (Å²) in [5.74, 6) is 0.510. The Labute approximate surface area is 113 Å². The number of nitrogens with zero attached hydrogens (tertiary/aromatic N) is 1. The molecule has 3 nitrogen and oxygen atoms in total. The first kappa shape index (κ1) is 13.4. The normalized spacial score (nSPS) is 12.5. The zero-order chi connectivity index (χ0) is 12.8. The highest BCUT2D eigenvalue weighted by atomic mass is 32.2. The Morgan fingerprint density at radius 3 is 2.83 bits per heavy atom. The second-order valence-corrected chi connectivity index (χ2v) is 6.38. The Morgan fingerprint density at radius 2 is 2.11 bits per heavy atom. The maximum Gasteiger partial charge on any atom is 0.181 e. The van der Waals surface area contributed by atoms with Crippen LogP contribution in [0.1, 0.15) is 6.92 Å². The van der Waals surface area contributed by atoms with Gasteiger partial charge in [-0.05, 0) is 12.5 Å². The van der Waals surface area contributed by atoms with E-state index in [2.05, 4.69) is 4.98 Å². The van der Waals surface area contributed by atoms with Crippen LogP contribution in [0.25, 0.3) is 10.4 Å². The van der Waals surface area contributed by atoms with Crippen molar-refractivity contribution in [2.24, 2.45) is 0 Å². The van der Waals surface area contributed by atoms with Gasteiger partial charge in [0.1, 0.15) is 0 Å². The fourth-order valence-corrected chi connectivity index (χ4v) is 3.62. The molecule has 0 aliphatic heterocycles. The molecule has 1 unspecified atom stereocenters. The van der Waals surface area contributed by atoms with E-state index in [-0.39, 0.29) is 0 Å². The minimum Gasteiger partial charge on any atom is -0.381 e. The lowest BCUT2D eigenvalue weighted by atomic mass is 10.2. The van der Waals surface area contributed by atoms with E-state index in [1.54, 1.807) is 6.20 Å². The van der Waals surface area contributed by atoms with E-state index in [9.17, 15) is 4.21 Å². The van der Waals surface area contributed by atoms with E-state index in [4.69, 9.17) is 4.74 Å². The largest absolute Gasteiger partial charge is 0.381 e. The first-order valence-corrected chi connectivity index (χ1v) is 7.92. The summed E-state index contributed by atoms with van der Waals surface area (Å²) in [6, 6.07) is 10.0. The van der Waals surface area contributed by atoms with Crippen molar-refractivity contribution < 1.29 is 8.95 Å². The highest BCUT2D eigenvalue weighted by Gasteiger charge is 2.10. The molecule has 0 fully saturated rings. The molecule has 1 aromatic heterocycles. The molecule has 0 spiro atoms. The summed E-state index contributed by atoms with van der Waals surface area (Å²) in [6.45, 7) is 3.10. The first-order chi connectivity index (χ1) is 8.81. The Morgan fingerprint density at radius 1 is 1.33 bits per heavy atom. The predicted octanol–water partition coefficient (Wildman–Crippen LogP) is 2.95. The molecular formula is C13H15NO2S2. The molecule has 2 rings (SSSR count).